The van der Waals surface area contributed by atoms with E-state index in [2.05, 4.69) is 16.8 Å². The van der Waals surface area contributed by atoms with Gasteiger partial charge in [0.25, 0.3) is 0 Å². The number of benzene rings is 1. The number of carbonyl (C=O) groups excluding carboxylic acids is 1. The zero-order valence-electron chi connectivity index (χ0n) is 13.8. The summed E-state index contributed by atoms with van der Waals surface area (Å²) in [6, 6.07) is 10.1. The molecule has 0 fully saturated rings. The average Bonchev–Trinajstić information content (AvgIpc) is 3.05. The Balaban J connectivity index is 1.88. The maximum atomic E-state index is 12.4. The van der Waals surface area contributed by atoms with E-state index in [9.17, 15) is 4.79 Å². The molecule has 0 amide bonds. The van der Waals surface area contributed by atoms with E-state index in [0.717, 1.165) is 35.6 Å². The molecule has 0 spiro atoms. The Kier molecular flexibility index (Phi) is 3.21. The van der Waals surface area contributed by atoms with E-state index < -0.39 is 0 Å². The van der Waals surface area contributed by atoms with Crippen LogP contribution in [0.5, 0.6) is 0 Å². The van der Waals surface area contributed by atoms with Crippen molar-refractivity contribution in [3.63, 3.8) is 0 Å². The Morgan fingerprint density at radius 2 is 2.08 bits per heavy atom. The molecule has 4 heteroatoms. The third kappa shape index (κ3) is 1.98. The largest absolute Gasteiger partial charge is 0.342 e. The number of fused-ring (bicyclic) bond motifs is 3. The molecule has 0 saturated carbocycles. The van der Waals surface area contributed by atoms with Gasteiger partial charge in [0.1, 0.15) is 5.82 Å². The van der Waals surface area contributed by atoms with Crippen molar-refractivity contribution < 1.29 is 4.79 Å². The Bertz CT molecular complexity index is 887. The molecule has 0 radical (unpaired) electrons. The molecule has 3 atom stereocenters. The minimum absolute atomic E-state index is 0.0188. The van der Waals surface area contributed by atoms with E-state index in [4.69, 9.17) is 11.6 Å². The van der Waals surface area contributed by atoms with Gasteiger partial charge in [-0.1, -0.05) is 50.3 Å². The van der Waals surface area contributed by atoms with Crippen LogP contribution >= 0.6 is 0 Å². The number of aromatic nitrogens is 2. The fourth-order valence-electron chi connectivity index (χ4n) is 4.35. The van der Waals surface area contributed by atoms with Crippen LogP contribution in [-0.2, 0) is 16.6 Å². The molecule has 0 unspecified atom stereocenters. The summed E-state index contributed by atoms with van der Waals surface area (Å²) < 4.78 is 0. The van der Waals surface area contributed by atoms with Gasteiger partial charge < -0.3 is 9.78 Å². The van der Waals surface area contributed by atoms with Crippen LogP contribution in [0.15, 0.2) is 42.1 Å². The van der Waals surface area contributed by atoms with Gasteiger partial charge in [-0.15, -0.1) is 0 Å². The van der Waals surface area contributed by atoms with Crippen LogP contribution in [0.2, 0.25) is 0 Å². The van der Waals surface area contributed by atoms with Crippen LogP contribution in [-0.4, -0.2) is 15.8 Å². The molecule has 4 rings (SSSR count). The highest BCUT2D eigenvalue weighted by Crippen LogP contribution is 2.49. The number of hydrogen-bond acceptors (Lipinski definition) is 2. The standard InChI is InChI=1S/C20H19N3O/c1-12-14-9-10-15-18(20(14,2)11-16(21-3)17(12)24)23-19(22-15)13-7-5-4-6-8-13/h4-8,11-12,14H,9-10H2,1-2H3,(H,22,23)/t12-,14-,20-/m0/s1. The first-order valence-electron chi connectivity index (χ1n) is 8.34. The van der Waals surface area contributed by atoms with Crippen LogP contribution in [0.3, 0.4) is 0 Å². The molecule has 0 bridgehead atoms. The molecule has 2 aliphatic carbocycles. The summed E-state index contributed by atoms with van der Waals surface area (Å²) in [5.74, 6) is 0.920. The minimum atomic E-state index is -0.357. The molecule has 2 aromatic rings. The highest BCUT2D eigenvalue weighted by molar-refractivity contribution is 6.00. The van der Waals surface area contributed by atoms with Gasteiger partial charge in [-0.05, 0) is 18.8 Å². The van der Waals surface area contributed by atoms with Gasteiger partial charge in [0.15, 0.2) is 5.78 Å². The number of nitrogens with zero attached hydrogens (tertiary/aromatic N) is 2. The third-order valence-electron chi connectivity index (χ3n) is 5.64. The summed E-state index contributed by atoms with van der Waals surface area (Å²) >= 11 is 0. The van der Waals surface area contributed by atoms with E-state index in [1.807, 2.05) is 43.3 Å². The summed E-state index contributed by atoms with van der Waals surface area (Å²) in [5.41, 5.74) is 3.09. The second-order valence-electron chi connectivity index (χ2n) is 7.00. The molecule has 1 heterocycles. The molecule has 0 aliphatic heterocycles. The van der Waals surface area contributed by atoms with Crippen LogP contribution < -0.4 is 0 Å². The molecule has 1 aromatic carbocycles. The molecule has 24 heavy (non-hydrogen) atoms. The summed E-state index contributed by atoms with van der Waals surface area (Å²) in [4.78, 5) is 24.2. The van der Waals surface area contributed by atoms with Gasteiger partial charge in [-0.25, -0.2) is 9.83 Å². The van der Waals surface area contributed by atoms with Crippen molar-refractivity contribution in [1.29, 1.82) is 0 Å². The van der Waals surface area contributed by atoms with E-state index in [1.165, 1.54) is 0 Å². The molecule has 120 valence electrons. The second kappa shape index (κ2) is 5.17. The first kappa shape index (κ1) is 14.9. The zero-order chi connectivity index (χ0) is 16.9. The number of ketones is 1. The third-order valence-corrected chi connectivity index (χ3v) is 5.64. The lowest BCUT2D eigenvalue weighted by Crippen LogP contribution is -2.45. The topological polar surface area (TPSA) is 50.1 Å². The normalized spacial score (nSPS) is 28.5. The number of imidazole rings is 1. The molecule has 1 aromatic heterocycles. The van der Waals surface area contributed by atoms with Crippen LogP contribution in [0.4, 0.5) is 0 Å². The van der Waals surface area contributed by atoms with Gasteiger partial charge in [-0.2, -0.15) is 0 Å². The number of hydrogen-bond donors (Lipinski definition) is 1. The predicted molar refractivity (Wildman–Crippen MR) is 92.0 cm³/mol. The number of H-pyrrole nitrogens is 1. The van der Waals surface area contributed by atoms with Gasteiger partial charge in [0.2, 0.25) is 5.70 Å². The lowest BCUT2D eigenvalue weighted by Gasteiger charge is -2.44. The number of Topliss-reactive ketones (excluding diaryl/α,β-unsaturated/α-hetero) is 1. The molecule has 1 N–H and O–H groups in total. The Morgan fingerprint density at radius 3 is 2.79 bits per heavy atom. The van der Waals surface area contributed by atoms with Crippen molar-refractivity contribution in [2.24, 2.45) is 11.8 Å². The molecule has 2 aliphatic rings. The molecule has 0 saturated heterocycles. The first-order chi connectivity index (χ1) is 11.5. The SMILES string of the molecule is [C-]#[N+]C1=C[C@]2(C)c3nc(-c4ccccc4)[nH]c3CC[C@H]2[C@H](C)C1=O. The minimum Gasteiger partial charge on any atom is -0.342 e. The second-order valence-corrected chi connectivity index (χ2v) is 7.00. The quantitative estimate of drug-likeness (QED) is 0.811. The lowest BCUT2D eigenvalue weighted by atomic mass is 9.59. The van der Waals surface area contributed by atoms with E-state index >= 15 is 0 Å². The van der Waals surface area contributed by atoms with Crippen LogP contribution in [0, 0.1) is 18.4 Å². The molecular formula is C20H19N3O. The molecular weight excluding hydrogens is 298 g/mol. The lowest BCUT2D eigenvalue weighted by molar-refractivity contribution is -0.121. The van der Waals surface area contributed by atoms with Gasteiger partial charge in [0, 0.05) is 22.6 Å². The highest BCUT2D eigenvalue weighted by Gasteiger charge is 2.49. The van der Waals surface area contributed by atoms with Crippen molar-refractivity contribution in [3.8, 4) is 11.4 Å². The van der Waals surface area contributed by atoms with Crippen molar-refractivity contribution in [3.05, 3.63) is 64.9 Å². The van der Waals surface area contributed by atoms with Crippen molar-refractivity contribution in [2.75, 3.05) is 0 Å². The summed E-state index contributed by atoms with van der Waals surface area (Å²) in [7, 11) is 0. The number of aromatic amines is 1. The maximum absolute atomic E-state index is 12.4. The fraction of sp³-hybridized carbons (Fsp3) is 0.350. The summed E-state index contributed by atoms with van der Waals surface area (Å²) in [6.45, 7) is 11.4. The molecule has 4 nitrogen and oxygen atoms in total. The Hall–Kier alpha value is -2.67. The highest BCUT2D eigenvalue weighted by atomic mass is 16.1. The summed E-state index contributed by atoms with van der Waals surface area (Å²) in [5, 5.41) is 0. The average molecular weight is 317 g/mol. The number of nitrogens with one attached hydrogen (secondary N) is 1. The fourth-order valence-corrected chi connectivity index (χ4v) is 4.35. The van der Waals surface area contributed by atoms with Gasteiger partial charge in [0.05, 0.1) is 12.3 Å². The number of allylic oxidation sites excluding steroid dienone is 2. The summed E-state index contributed by atoms with van der Waals surface area (Å²) in [6.07, 6.45) is 3.70. The van der Waals surface area contributed by atoms with E-state index in [1.54, 1.807) is 0 Å². The zero-order valence-corrected chi connectivity index (χ0v) is 13.8. The van der Waals surface area contributed by atoms with Crippen molar-refractivity contribution in [1.82, 2.24) is 9.97 Å². The van der Waals surface area contributed by atoms with Crippen molar-refractivity contribution >= 4 is 5.78 Å². The Morgan fingerprint density at radius 1 is 1.33 bits per heavy atom. The van der Waals surface area contributed by atoms with Crippen LogP contribution in [0.1, 0.15) is 31.7 Å². The number of aryl methyl sites for hydroxylation is 1. The van der Waals surface area contributed by atoms with E-state index in [-0.39, 0.29) is 28.7 Å². The predicted octanol–water partition coefficient (Wildman–Crippen LogP) is 3.92. The van der Waals surface area contributed by atoms with Crippen molar-refractivity contribution in [2.45, 2.75) is 32.1 Å². The smallest absolute Gasteiger partial charge is 0.226 e. The van der Waals surface area contributed by atoms with Gasteiger partial charge >= 0.3 is 0 Å². The Labute approximate surface area is 141 Å². The van der Waals surface area contributed by atoms with E-state index in [0.29, 0.717) is 0 Å². The first-order valence-corrected chi connectivity index (χ1v) is 8.34. The maximum Gasteiger partial charge on any atom is 0.226 e. The number of rotatable bonds is 1. The van der Waals surface area contributed by atoms with Crippen LogP contribution in [0.25, 0.3) is 16.2 Å². The monoisotopic (exact) mass is 317 g/mol. The van der Waals surface area contributed by atoms with Gasteiger partial charge in [-0.3, -0.25) is 0 Å². The number of carbonyl (C=O) groups is 1.